The molecule has 3 aromatic carbocycles. The van der Waals surface area contributed by atoms with E-state index < -0.39 is 0 Å². The maximum Gasteiger partial charge on any atom is 0.0191 e. The van der Waals surface area contributed by atoms with Gasteiger partial charge in [0.15, 0.2) is 0 Å². The van der Waals surface area contributed by atoms with E-state index in [1.807, 2.05) is 6.20 Å². The van der Waals surface area contributed by atoms with Crippen molar-refractivity contribution in [2.45, 2.75) is 12.8 Å². The van der Waals surface area contributed by atoms with E-state index in [1.54, 1.807) is 0 Å². The van der Waals surface area contributed by atoms with Crippen molar-refractivity contribution in [2.75, 3.05) is 0 Å². The summed E-state index contributed by atoms with van der Waals surface area (Å²) in [6.07, 6.45) is 6.42. The van der Waals surface area contributed by atoms with Gasteiger partial charge in [-0.1, -0.05) is 54.6 Å². The number of rotatable bonds is 2. The molecule has 0 spiro atoms. The Morgan fingerprint density at radius 1 is 0.739 bits per heavy atom. The van der Waals surface area contributed by atoms with Crippen molar-refractivity contribution in [3.63, 3.8) is 0 Å². The number of hydrogen-bond acceptors (Lipinski definition) is 0. The number of hydrogen-bond donors (Lipinski definition) is 1. The van der Waals surface area contributed by atoms with Crippen LogP contribution < -0.4 is 0 Å². The van der Waals surface area contributed by atoms with Gasteiger partial charge in [0.1, 0.15) is 0 Å². The topological polar surface area (TPSA) is 15.8 Å². The van der Waals surface area contributed by atoms with Crippen molar-refractivity contribution in [1.82, 2.24) is 4.98 Å². The molecule has 1 heterocycles. The van der Waals surface area contributed by atoms with E-state index in [9.17, 15) is 0 Å². The van der Waals surface area contributed by atoms with Crippen LogP contribution in [0, 0.1) is 0 Å². The number of aromatic nitrogens is 1. The Morgan fingerprint density at radius 3 is 2.17 bits per heavy atom. The lowest BCUT2D eigenvalue weighted by Gasteiger charge is -2.14. The molecule has 0 amide bonds. The molecule has 0 saturated heterocycles. The van der Waals surface area contributed by atoms with Crippen molar-refractivity contribution >= 4 is 27.1 Å². The van der Waals surface area contributed by atoms with Crippen LogP contribution in [0.5, 0.6) is 0 Å². The Hall–Kier alpha value is -2.80. The quantitative estimate of drug-likeness (QED) is 0.470. The molecule has 0 bridgehead atoms. The molecule has 1 nitrogen and oxygen atoms in total. The van der Waals surface area contributed by atoms with E-state index in [0.717, 1.165) is 12.8 Å². The Balaban J connectivity index is 1.82. The van der Waals surface area contributed by atoms with Gasteiger partial charge in [0, 0.05) is 18.3 Å². The van der Waals surface area contributed by atoms with Crippen LogP contribution in [0.2, 0.25) is 0 Å². The lowest BCUT2D eigenvalue weighted by atomic mass is 9.90. The molecule has 1 aromatic heterocycles. The average Bonchev–Trinajstić information content (AvgIpc) is 3.26. The fourth-order valence-electron chi connectivity index (χ4n) is 3.96. The van der Waals surface area contributed by atoms with Crippen molar-refractivity contribution in [1.29, 1.82) is 0 Å². The first-order valence-electron chi connectivity index (χ1n) is 8.16. The third-order valence-electron chi connectivity index (χ3n) is 4.96. The number of allylic oxidation sites excluding steroid dienone is 2. The highest BCUT2D eigenvalue weighted by Crippen LogP contribution is 2.41. The van der Waals surface area contributed by atoms with Crippen molar-refractivity contribution < 1.29 is 0 Å². The summed E-state index contributed by atoms with van der Waals surface area (Å²) in [5, 5.41) is 5.52. The van der Waals surface area contributed by atoms with Gasteiger partial charge in [0.2, 0.25) is 0 Å². The van der Waals surface area contributed by atoms with Crippen LogP contribution >= 0.6 is 0 Å². The monoisotopic (exact) mass is 295 g/mol. The van der Waals surface area contributed by atoms with Gasteiger partial charge in [-0.2, -0.15) is 0 Å². The zero-order valence-electron chi connectivity index (χ0n) is 12.8. The summed E-state index contributed by atoms with van der Waals surface area (Å²) < 4.78 is 0. The van der Waals surface area contributed by atoms with Gasteiger partial charge in [-0.05, 0) is 56.8 Å². The van der Waals surface area contributed by atoms with Crippen LogP contribution in [-0.4, -0.2) is 4.98 Å². The first-order valence-corrected chi connectivity index (χ1v) is 8.16. The Labute approximate surface area is 135 Å². The highest BCUT2D eigenvalue weighted by Gasteiger charge is 2.21. The molecular weight excluding hydrogens is 278 g/mol. The largest absolute Gasteiger partial charge is 0.365 e. The first kappa shape index (κ1) is 12.7. The van der Waals surface area contributed by atoms with Crippen molar-refractivity contribution in [2.24, 2.45) is 0 Å². The molecule has 0 saturated carbocycles. The molecule has 0 aliphatic heterocycles. The summed E-state index contributed by atoms with van der Waals surface area (Å²) in [7, 11) is 0. The van der Waals surface area contributed by atoms with E-state index in [1.165, 1.54) is 43.9 Å². The van der Waals surface area contributed by atoms with Gasteiger partial charge in [0.25, 0.3) is 0 Å². The van der Waals surface area contributed by atoms with E-state index in [2.05, 4.69) is 71.7 Å². The van der Waals surface area contributed by atoms with Crippen LogP contribution in [0.3, 0.4) is 0 Å². The highest BCUT2D eigenvalue weighted by atomic mass is 14.7. The fraction of sp³-hybridized carbons (Fsp3) is 0.0909. The van der Waals surface area contributed by atoms with E-state index in [4.69, 9.17) is 0 Å². The van der Waals surface area contributed by atoms with Crippen LogP contribution in [0.1, 0.15) is 16.8 Å². The number of benzene rings is 3. The van der Waals surface area contributed by atoms with Gasteiger partial charge in [-0.3, -0.25) is 0 Å². The minimum Gasteiger partial charge on any atom is -0.365 e. The minimum absolute atomic E-state index is 0.975. The summed E-state index contributed by atoms with van der Waals surface area (Å²) in [6.45, 7) is 0. The summed E-state index contributed by atoms with van der Waals surface area (Å²) in [5.41, 5.74) is 5.67. The molecule has 23 heavy (non-hydrogen) atoms. The van der Waals surface area contributed by atoms with Crippen molar-refractivity contribution in [3.8, 4) is 0 Å². The Kier molecular flexibility index (Phi) is 2.68. The summed E-state index contributed by atoms with van der Waals surface area (Å²) in [4.78, 5) is 3.34. The first-order chi connectivity index (χ1) is 11.4. The van der Waals surface area contributed by atoms with Crippen LogP contribution in [0.15, 0.2) is 72.9 Å². The van der Waals surface area contributed by atoms with Gasteiger partial charge >= 0.3 is 0 Å². The van der Waals surface area contributed by atoms with Gasteiger partial charge < -0.3 is 4.98 Å². The second-order valence-corrected chi connectivity index (χ2v) is 6.25. The minimum atomic E-state index is 0.975. The number of nitrogens with one attached hydrogen (secondary N) is 1. The molecule has 0 unspecified atom stereocenters. The fourth-order valence-corrected chi connectivity index (χ4v) is 3.96. The number of fused-ring (bicyclic) bond motifs is 6. The second-order valence-electron chi connectivity index (χ2n) is 6.25. The van der Waals surface area contributed by atoms with Gasteiger partial charge in [-0.15, -0.1) is 0 Å². The number of H-pyrrole nitrogens is 1. The van der Waals surface area contributed by atoms with E-state index >= 15 is 0 Å². The lowest BCUT2D eigenvalue weighted by molar-refractivity contribution is 1.17. The Bertz CT molecular complexity index is 1050. The Morgan fingerprint density at radius 2 is 1.43 bits per heavy atom. The SMILES string of the molecule is C1=C(Cc2ccc[nH]2)c2c(c3ccccc3c3ccccc23)C1. The zero-order chi connectivity index (χ0) is 15.2. The zero-order valence-corrected chi connectivity index (χ0v) is 12.8. The highest BCUT2D eigenvalue weighted by molar-refractivity contribution is 6.14. The molecule has 4 aromatic rings. The molecule has 0 radical (unpaired) electrons. The van der Waals surface area contributed by atoms with Gasteiger partial charge in [-0.25, -0.2) is 0 Å². The third-order valence-corrected chi connectivity index (χ3v) is 4.96. The molecule has 110 valence electrons. The third kappa shape index (κ3) is 1.86. The summed E-state index contributed by atoms with van der Waals surface area (Å²) in [6, 6.07) is 21.9. The number of aromatic amines is 1. The molecule has 0 fully saturated rings. The summed E-state index contributed by atoms with van der Waals surface area (Å²) in [5.74, 6) is 0. The normalized spacial score (nSPS) is 13.5. The molecule has 5 rings (SSSR count). The molecule has 1 N–H and O–H groups in total. The second kappa shape index (κ2) is 4.85. The van der Waals surface area contributed by atoms with Crippen LogP contribution in [0.25, 0.3) is 27.1 Å². The lowest BCUT2D eigenvalue weighted by Crippen LogP contribution is -1.94. The van der Waals surface area contributed by atoms with Crippen molar-refractivity contribution in [3.05, 3.63) is 89.8 Å². The predicted octanol–water partition coefficient (Wildman–Crippen LogP) is 5.50. The van der Waals surface area contributed by atoms with E-state index in [0.29, 0.717) is 0 Å². The molecular formula is C22H17N. The predicted molar refractivity (Wildman–Crippen MR) is 97.6 cm³/mol. The standard InChI is InChI=1S/C22H17N/c1-2-9-19-17(7-1)18-8-3-4-10-20(18)22-15(11-12-21(19)22)14-16-6-5-13-23-16/h1-11,13,23H,12,14H2. The average molecular weight is 295 g/mol. The maximum absolute atomic E-state index is 3.34. The van der Waals surface area contributed by atoms with E-state index in [-0.39, 0.29) is 0 Å². The van der Waals surface area contributed by atoms with Crippen LogP contribution in [0.4, 0.5) is 0 Å². The van der Waals surface area contributed by atoms with Crippen LogP contribution in [-0.2, 0) is 12.8 Å². The molecule has 1 aliphatic rings. The smallest absolute Gasteiger partial charge is 0.0191 e. The molecule has 1 aliphatic carbocycles. The van der Waals surface area contributed by atoms with Gasteiger partial charge in [0.05, 0.1) is 0 Å². The molecule has 0 atom stereocenters. The maximum atomic E-state index is 3.34. The molecule has 1 heteroatoms. The summed E-state index contributed by atoms with van der Waals surface area (Å²) >= 11 is 0.